The van der Waals surface area contributed by atoms with Crippen LogP contribution in [-0.2, 0) is 4.74 Å². The highest BCUT2D eigenvalue weighted by Gasteiger charge is 2.23. The molecule has 0 aliphatic heterocycles. The summed E-state index contributed by atoms with van der Waals surface area (Å²) in [6, 6.07) is 0.0431. The van der Waals surface area contributed by atoms with Gasteiger partial charge in [0.1, 0.15) is 0 Å². The summed E-state index contributed by atoms with van der Waals surface area (Å²) in [6.07, 6.45) is 8.02. The average molecular weight is 305 g/mol. The third-order valence-corrected chi connectivity index (χ3v) is 3.71. The van der Waals surface area contributed by atoms with E-state index in [0.29, 0.717) is 12.3 Å². The zero-order valence-corrected chi connectivity index (χ0v) is 12.1. The van der Waals surface area contributed by atoms with Crippen LogP contribution in [0.25, 0.3) is 11.2 Å². The standard InChI is InChI=1S/C14H19N5O3/c15-14-17-12-11(13(21)18-14)16-8-19(12)9-3-4-10(7-9)22-6-2-1-5-20/h3-4,8-10,20H,1-2,5-7H2,(H3,15,17,18,21)/t9-,10+/m0/s1. The number of hydrogen-bond donors (Lipinski definition) is 3. The van der Waals surface area contributed by atoms with E-state index in [2.05, 4.69) is 15.0 Å². The number of H-pyrrole nitrogens is 1. The summed E-state index contributed by atoms with van der Waals surface area (Å²) in [7, 11) is 0. The topological polar surface area (TPSA) is 119 Å². The molecule has 22 heavy (non-hydrogen) atoms. The monoisotopic (exact) mass is 305 g/mol. The Labute approximate surface area is 126 Å². The van der Waals surface area contributed by atoms with E-state index in [1.165, 1.54) is 0 Å². The maximum Gasteiger partial charge on any atom is 0.280 e. The van der Waals surface area contributed by atoms with Gasteiger partial charge in [-0.1, -0.05) is 12.2 Å². The summed E-state index contributed by atoms with van der Waals surface area (Å²) in [5.41, 5.74) is 6.04. The number of nitrogens with one attached hydrogen (secondary N) is 1. The molecule has 0 spiro atoms. The Bertz CT molecular complexity index is 736. The summed E-state index contributed by atoms with van der Waals surface area (Å²) in [6.45, 7) is 0.812. The van der Waals surface area contributed by atoms with Crippen LogP contribution in [0, 0.1) is 0 Å². The summed E-state index contributed by atoms with van der Waals surface area (Å²) in [4.78, 5) is 22.5. The number of nitrogen functional groups attached to an aromatic ring is 1. The number of aromatic nitrogens is 4. The zero-order valence-electron chi connectivity index (χ0n) is 12.1. The Morgan fingerprint density at radius 1 is 1.45 bits per heavy atom. The molecule has 0 fully saturated rings. The van der Waals surface area contributed by atoms with E-state index < -0.39 is 0 Å². The molecule has 1 aliphatic rings. The van der Waals surface area contributed by atoms with E-state index in [9.17, 15) is 4.79 Å². The molecule has 2 atom stereocenters. The molecule has 2 aromatic rings. The van der Waals surface area contributed by atoms with E-state index in [-0.39, 0.29) is 35.8 Å². The quantitative estimate of drug-likeness (QED) is 0.523. The first kappa shape index (κ1) is 14.7. The van der Waals surface area contributed by atoms with Crippen molar-refractivity contribution in [3.63, 3.8) is 0 Å². The highest BCUT2D eigenvalue weighted by molar-refractivity contribution is 5.70. The van der Waals surface area contributed by atoms with Crippen molar-refractivity contribution in [1.29, 1.82) is 0 Å². The number of ether oxygens (including phenoxy) is 1. The second-order valence-electron chi connectivity index (χ2n) is 5.30. The molecule has 0 saturated heterocycles. The molecule has 0 aromatic carbocycles. The van der Waals surface area contributed by atoms with Crippen LogP contribution in [-0.4, -0.2) is 43.9 Å². The average Bonchev–Trinajstić information content (AvgIpc) is 3.10. The molecule has 2 heterocycles. The molecule has 2 aromatic heterocycles. The largest absolute Gasteiger partial charge is 0.396 e. The van der Waals surface area contributed by atoms with Gasteiger partial charge in [-0.15, -0.1) is 0 Å². The van der Waals surface area contributed by atoms with Gasteiger partial charge in [-0.2, -0.15) is 4.98 Å². The minimum Gasteiger partial charge on any atom is -0.396 e. The number of allylic oxidation sites excluding steroid dienone is 1. The predicted molar refractivity (Wildman–Crippen MR) is 81.4 cm³/mol. The van der Waals surface area contributed by atoms with Crippen LogP contribution in [0.1, 0.15) is 25.3 Å². The minimum atomic E-state index is -0.333. The van der Waals surface area contributed by atoms with Crippen molar-refractivity contribution in [2.45, 2.75) is 31.4 Å². The number of nitrogens with two attached hydrogens (primary N) is 1. The fourth-order valence-electron chi connectivity index (χ4n) is 2.61. The van der Waals surface area contributed by atoms with Gasteiger partial charge in [-0.25, -0.2) is 4.98 Å². The van der Waals surface area contributed by atoms with Crippen molar-refractivity contribution < 1.29 is 9.84 Å². The summed E-state index contributed by atoms with van der Waals surface area (Å²) in [5.74, 6) is 0.0815. The maximum absolute atomic E-state index is 11.8. The highest BCUT2D eigenvalue weighted by atomic mass is 16.5. The maximum atomic E-state index is 11.8. The van der Waals surface area contributed by atoms with E-state index in [1.807, 2.05) is 16.7 Å². The number of rotatable bonds is 6. The molecule has 3 rings (SSSR count). The Morgan fingerprint density at radius 3 is 3.14 bits per heavy atom. The van der Waals surface area contributed by atoms with Crippen LogP contribution in [0.15, 0.2) is 23.3 Å². The smallest absolute Gasteiger partial charge is 0.280 e. The molecule has 0 saturated carbocycles. The first-order chi connectivity index (χ1) is 10.7. The molecule has 8 heteroatoms. The fraction of sp³-hybridized carbons (Fsp3) is 0.500. The Morgan fingerprint density at radius 2 is 2.32 bits per heavy atom. The lowest BCUT2D eigenvalue weighted by Crippen LogP contribution is -2.15. The van der Waals surface area contributed by atoms with Crippen LogP contribution in [0.5, 0.6) is 0 Å². The number of hydrogen-bond acceptors (Lipinski definition) is 6. The van der Waals surface area contributed by atoms with Gasteiger partial charge < -0.3 is 20.1 Å². The molecule has 118 valence electrons. The molecular weight excluding hydrogens is 286 g/mol. The molecule has 0 unspecified atom stereocenters. The van der Waals surface area contributed by atoms with Crippen molar-refractivity contribution in [1.82, 2.24) is 19.5 Å². The molecule has 1 aliphatic carbocycles. The number of aliphatic hydroxyl groups excluding tert-OH is 1. The highest BCUT2D eigenvalue weighted by Crippen LogP contribution is 2.27. The fourth-order valence-corrected chi connectivity index (χ4v) is 2.61. The molecule has 4 N–H and O–H groups in total. The van der Waals surface area contributed by atoms with Gasteiger partial charge >= 0.3 is 0 Å². The van der Waals surface area contributed by atoms with Gasteiger partial charge in [0, 0.05) is 19.6 Å². The van der Waals surface area contributed by atoms with Crippen LogP contribution in [0.4, 0.5) is 5.95 Å². The van der Waals surface area contributed by atoms with E-state index in [4.69, 9.17) is 15.6 Å². The lowest BCUT2D eigenvalue weighted by atomic mass is 10.2. The molecule has 0 bridgehead atoms. The first-order valence-electron chi connectivity index (χ1n) is 7.32. The number of aromatic amines is 1. The van der Waals surface area contributed by atoms with Crippen LogP contribution in [0.3, 0.4) is 0 Å². The third-order valence-electron chi connectivity index (χ3n) is 3.71. The summed E-state index contributed by atoms with van der Waals surface area (Å²) >= 11 is 0. The number of imidazole rings is 1. The number of unbranched alkanes of at least 4 members (excludes halogenated alkanes) is 1. The van der Waals surface area contributed by atoms with Crippen molar-refractivity contribution in [2.75, 3.05) is 18.9 Å². The van der Waals surface area contributed by atoms with Crippen molar-refractivity contribution in [3.8, 4) is 0 Å². The predicted octanol–water partition coefficient (Wildman–Crippen LogP) is 0.360. The van der Waals surface area contributed by atoms with Crippen molar-refractivity contribution >= 4 is 17.1 Å². The van der Waals surface area contributed by atoms with E-state index in [0.717, 1.165) is 19.3 Å². The molecule has 0 radical (unpaired) electrons. The molecule has 0 amide bonds. The number of aliphatic hydroxyl groups is 1. The molecule has 8 nitrogen and oxygen atoms in total. The second kappa shape index (κ2) is 6.29. The SMILES string of the molecule is Nc1nc2c(ncn2[C@H]2C=C[C@@H](OCCCCO)C2)c(=O)[nH]1. The lowest BCUT2D eigenvalue weighted by Gasteiger charge is -2.14. The number of anilines is 1. The summed E-state index contributed by atoms with van der Waals surface area (Å²) in [5, 5.41) is 8.75. The van der Waals surface area contributed by atoms with Crippen LogP contribution >= 0.6 is 0 Å². The minimum absolute atomic E-state index is 0.0282. The summed E-state index contributed by atoms with van der Waals surface area (Å²) < 4.78 is 7.59. The van der Waals surface area contributed by atoms with Gasteiger partial charge in [0.05, 0.1) is 18.5 Å². The Hall–Kier alpha value is -2.19. The van der Waals surface area contributed by atoms with Gasteiger partial charge in [0.2, 0.25) is 5.95 Å². The molecular formula is C14H19N5O3. The lowest BCUT2D eigenvalue weighted by molar-refractivity contribution is 0.0744. The third kappa shape index (κ3) is 2.88. The van der Waals surface area contributed by atoms with Gasteiger partial charge in [-0.05, 0) is 12.8 Å². The van der Waals surface area contributed by atoms with Gasteiger partial charge in [0.25, 0.3) is 5.56 Å². The zero-order chi connectivity index (χ0) is 15.5. The van der Waals surface area contributed by atoms with Gasteiger partial charge in [0.15, 0.2) is 11.2 Å². The normalized spacial score (nSPS) is 21.0. The van der Waals surface area contributed by atoms with Crippen molar-refractivity contribution in [2.24, 2.45) is 0 Å². The Balaban J connectivity index is 1.71. The Kier molecular flexibility index (Phi) is 4.21. The van der Waals surface area contributed by atoms with Gasteiger partial charge in [-0.3, -0.25) is 9.78 Å². The van der Waals surface area contributed by atoms with Crippen LogP contribution < -0.4 is 11.3 Å². The van der Waals surface area contributed by atoms with E-state index in [1.54, 1.807) is 6.33 Å². The van der Waals surface area contributed by atoms with E-state index >= 15 is 0 Å². The number of fused-ring (bicyclic) bond motifs is 1. The second-order valence-corrected chi connectivity index (χ2v) is 5.30. The number of nitrogens with zero attached hydrogens (tertiary/aromatic N) is 3. The van der Waals surface area contributed by atoms with Crippen molar-refractivity contribution in [3.05, 3.63) is 28.8 Å². The van der Waals surface area contributed by atoms with Crippen LogP contribution in [0.2, 0.25) is 0 Å². The first-order valence-corrected chi connectivity index (χ1v) is 7.32.